The molecule has 0 amide bonds. The predicted octanol–water partition coefficient (Wildman–Crippen LogP) is 3.91. The molecule has 0 fully saturated rings. The Morgan fingerprint density at radius 1 is 1.39 bits per heavy atom. The maximum absolute atomic E-state index is 11.2. The van der Waals surface area contributed by atoms with E-state index in [-0.39, 0.29) is 12.5 Å². The van der Waals surface area contributed by atoms with Gasteiger partial charge in [0.2, 0.25) is 0 Å². The zero-order valence-electron chi connectivity index (χ0n) is 9.93. The van der Waals surface area contributed by atoms with Crippen LogP contribution in [0.5, 0.6) is 0 Å². The van der Waals surface area contributed by atoms with Crippen LogP contribution in [-0.4, -0.2) is 24.5 Å². The first-order valence-electron chi connectivity index (χ1n) is 5.51. The average molecular weight is 355 g/mol. The van der Waals surface area contributed by atoms with Crippen LogP contribution in [-0.2, 0) is 16.0 Å². The van der Waals surface area contributed by atoms with Gasteiger partial charge in [0.25, 0.3) is 0 Å². The average Bonchev–Trinajstić information content (AvgIpc) is 2.32. The highest BCUT2D eigenvalue weighted by molar-refractivity contribution is 9.09. The van der Waals surface area contributed by atoms with Crippen molar-refractivity contribution in [2.24, 2.45) is 0 Å². The molecule has 100 valence electrons. The van der Waals surface area contributed by atoms with E-state index >= 15 is 0 Å². The van der Waals surface area contributed by atoms with E-state index in [1.54, 1.807) is 19.1 Å². The highest BCUT2D eigenvalue weighted by Crippen LogP contribution is 2.29. The topological polar surface area (TPSA) is 38.3 Å². The minimum atomic E-state index is -0.325. The molecule has 1 N–H and O–H groups in total. The number of nitrogens with one attached hydrogen (secondary N) is 1. The van der Waals surface area contributed by atoms with Crippen molar-refractivity contribution in [3.05, 3.63) is 27.7 Å². The summed E-state index contributed by atoms with van der Waals surface area (Å²) in [5.74, 6) is -0.325. The number of esters is 1. The Hall–Kier alpha value is -0.450. The summed E-state index contributed by atoms with van der Waals surface area (Å²) in [4.78, 5) is 11.2. The standard InChI is InChI=1S/C12H14BrCl2NO2/c1-2-18-12(17)7-16-11-6-9(14)8(3-4-13)5-10(11)15/h5-6,16H,2-4,7H2,1H3. The number of halogens is 3. The fourth-order valence-corrected chi connectivity index (χ4v) is 2.33. The highest BCUT2D eigenvalue weighted by atomic mass is 79.9. The number of ether oxygens (including phenoxy) is 1. The fourth-order valence-electron chi connectivity index (χ4n) is 1.40. The van der Waals surface area contributed by atoms with E-state index in [0.29, 0.717) is 22.3 Å². The summed E-state index contributed by atoms with van der Waals surface area (Å²) in [5, 5.41) is 4.89. The van der Waals surface area contributed by atoms with Crippen molar-refractivity contribution in [3.8, 4) is 0 Å². The zero-order chi connectivity index (χ0) is 13.5. The minimum Gasteiger partial charge on any atom is -0.465 e. The molecule has 0 aliphatic carbocycles. The molecule has 0 heterocycles. The lowest BCUT2D eigenvalue weighted by atomic mass is 10.1. The van der Waals surface area contributed by atoms with Crippen molar-refractivity contribution < 1.29 is 9.53 Å². The highest BCUT2D eigenvalue weighted by Gasteiger charge is 2.08. The van der Waals surface area contributed by atoms with Gasteiger partial charge in [-0.3, -0.25) is 4.79 Å². The molecule has 1 aromatic carbocycles. The van der Waals surface area contributed by atoms with Crippen molar-refractivity contribution in [1.29, 1.82) is 0 Å². The SMILES string of the molecule is CCOC(=O)CNc1cc(Cl)c(CCBr)cc1Cl. The third-order valence-corrected chi connectivity index (χ3v) is 3.29. The molecule has 18 heavy (non-hydrogen) atoms. The first kappa shape index (κ1) is 15.6. The van der Waals surface area contributed by atoms with Crippen molar-refractivity contribution in [2.75, 3.05) is 23.8 Å². The molecule has 0 radical (unpaired) electrons. The summed E-state index contributed by atoms with van der Waals surface area (Å²) in [5.41, 5.74) is 1.60. The Balaban J connectivity index is 2.72. The van der Waals surface area contributed by atoms with Gasteiger partial charge in [-0.25, -0.2) is 0 Å². The third-order valence-electron chi connectivity index (χ3n) is 2.23. The second-order valence-electron chi connectivity index (χ2n) is 3.52. The summed E-state index contributed by atoms with van der Waals surface area (Å²) in [6.07, 6.45) is 0.802. The van der Waals surface area contributed by atoms with Gasteiger partial charge in [0, 0.05) is 10.4 Å². The van der Waals surface area contributed by atoms with Crippen LogP contribution >= 0.6 is 39.1 Å². The Kier molecular flexibility index (Phi) is 6.82. The monoisotopic (exact) mass is 353 g/mol. The lowest BCUT2D eigenvalue weighted by Crippen LogP contribution is -2.16. The van der Waals surface area contributed by atoms with Crippen molar-refractivity contribution in [2.45, 2.75) is 13.3 Å². The Bertz CT molecular complexity index is 427. The number of alkyl halides is 1. The molecular weight excluding hydrogens is 341 g/mol. The zero-order valence-corrected chi connectivity index (χ0v) is 13.0. The Labute approximate surface area is 125 Å². The van der Waals surface area contributed by atoms with E-state index in [4.69, 9.17) is 27.9 Å². The molecule has 0 saturated heterocycles. The summed E-state index contributed by atoms with van der Waals surface area (Å²) >= 11 is 15.6. The summed E-state index contributed by atoms with van der Waals surface area (Å²) in [6, 6.07) is 3.53. The van der Waals surface area contributed by atoms with E-state index in [0.717, 1.165) is 17.3 Å². The molecule has 0 bridgehead atoms. The molecule has 6 heteroatoms. The number of rotatable bonds is 6. The minimum absolute atomic E-state index is 0.0711. The van der Waals surface area contributed by atoms with Gasteiger partial charge in [0.05, 0.1) is 17.3 Å². The van der Waals surface area contributed by atoms with Crippen LogP contribution in [0.25, 0.3) is 0 Å². The maximum Gasteiger partial charge on any atom is 0.325 e. The first-order chi connectivity index (χ1) is 8.58. The summed E-state index contributed by atoms with van der Waals surface area (Å²) in [6.45, 7) is 2.19. The van der Waals surface area contributed by atoms with Crippen LogP contribution in [0, 0.1) is 0 Å². The third kappa shape index (κ3) is 4.67. The predicted molar refractivity (Wildman–Crippen MR) is 79.1 cm³/mol. The largest absolute Gasteiger partial charge is 0.465 e. The summed E-state index contributed by atoms with van der Waals surface area (Å²) < 4.78 is 4.81. The van der Waals surface area contributed by atoms with Crippen molar-refractivity contribution in [1.82, 2.24) is 0 Å². The fraction of sp³-hybridized carbons (Fsp3) is 0.417. The first-order valence-corrected chi connectivity index (χ1v) is 7.39. The lowest BCUT2D eigenvalue weighted by Gasteiger charge is -2.11. The molecular formula is C12H14BrCl2NO2. The van der Waals surface area contributed by atoms with Gasteiger partial charge in [-0.15, -0.1) is 0 Å². The number of anilines is 1. The normalized spacial score (nSPS) is 10.2. The molecule has 0 aliphatic heterocycles. The number of hydrogen-bond acceptors (Lipinski definition) is 3. The molecule has 0 saturated carbocycles. The molecule has 1 aromatic rings. The van der Waals surface area contributed by atoms with Gasteiger partial charge in [-0.2, -0.15) is 0 Å². The second kappa shape index (κ2) is 7.87. The molecule has 0 atom stereocenters. The molecule has 0 aromatic heterocycles. The van der Waals surface area contributed by atoms with Gasteiger partial charge in [-0.05, 0) is 31.0 Å². The van der Waals surface area contributed by atoms with E-state index < -0.39 is 0 Å². The van der Waals surface area contributed by atoms with E-state index in [1.807, 2.05) is 0 Å². The molecule has 0 spiro atoms. The number of carbonyl (C=O) groups excluding carboxylic acids is 1. The molecule has 0 unspecified atom stereocenters. The van der Waals surface area contributed by atoms with E-state index in [9.17, 15) is 4.79 Å². The maximum atomic E-state index is 11.2. The number of benzene rings is 1. The van der Waals surface area contributed by atoms with Gasteiger partial charge in [-0.1, -0.05) is 39.1 Å². The van der Waals surface area contributed by atoms with Gasteiger partial charge >= 0.3 is 5.97 Å². The number of carbonyl (C=O) groups is 1. The van der Waals surface area contributed by atoms with Crippen molar-refractivity contribution >= 4 is 50.8 Å². The van der Waals surface area contributed by atoms with Crippen LogP contribution in [0.15, 0.2) is 12.1 Å². The number of hydrogen-bond donors (Lipinski definition) is 1. The smallest absolute Gasteiger partial charge is 0.325 e. The molecule has 1 rings (SSSR count). The second-order valence-corrected chi connectivity index (χ2v) is 5.13. The lowest BCUT2D eigenvalue weighted by molar-refractivity contribution is -0.140. The van der Waals surface area contributed by atoms with Gasteiger partial charge in [0.1, 0.15) is 6.54 Å². The van der Waals surface area contributed by atoms with E-state index in [1.165, 1.54) is 0 Å². The van der Waals surface area contributed by atoms with E-state index in [2.05, 4.69) is 21.2 Å². The molecule has 0 aliphatic rings. The van der Waals surface area contributed by atoms with Gasteiger partial charge in [0.15, 0.2) is 0 Å². The Morgan fingerprint density at radius 3 is 2.72 bits per heavy atom. The van der Waals surface area contributed by atoms with Crippen LogP contribution in [0.1, 0.15) is 12.5 Å². The number of aryl methyl sites for hydroxylation is 1. The van der Waals surface area contributed by atoms with Gasteiger partial charge < -0.3 is 10.1 Å². The van der Waals surface area contributed by atoms with Crippen LogP contribution in [0.2, 0.25) is 10.0 Å². The van der Waals surface area contributed by atoms with Crippen molar-refractivity contribution in [3.63, 3.8) is 0 Å². The summed E-state index contributed by atoms with van der Waals surface area (Å²) in [7, 11) is 0. The molecule has 3 nitrogen and oxygen atoms in total. The Morgan fingerprint density at radius 2 is 2.11 bits per heavy atom. The van der Waals surface area contributed by atoms with Crippen LogP contribution < -0.4 is 5.32 Å². The van der Waals surface area contributed by atoms with Crippen LogP contribution in [0.4, 0.5) is 5.69 Å². The van der Waals surface area contributed by atoms with Crippen LogP contribution in [0.3, 0.4) is 0 Å². The quantitative estimate of drug-likeness (QED) is 0.621.